The van der Waals surface area contributed by atoms with Gasteiger partial charge >= 0.3 is 0 Å². The van der Waals surface area contributed by atoms with Crippen LogP contribution in [0.5, 0.6) is 0 Å². The highest BCUT2D eigenvalue weighted by Crippen LogP contribution is 2.23. The van der Waals surface area contributed by atoms with Crippen LogP contribution in [0.25, 0.3) is 0 Å². The summed E-state index contributed by atoms with van der Waals surface area (Å²) in [5.74, 6) is 1.05. The maximum absolute atomic E-state index is 2.32. The smallest absolute Gasteiger partial charge is 0.0414 e. The lowest BCUT2D eigenvalue weighted by Crippen LogP contribution is -2.01. The highest BCUT2D eigenvalue weighted by Gasteiger charge is 2.08. The third-order valence-corrected chi connectivity index (χ3v) is 4.40. The lowest BCUT2D eigenvalue weighted by atomic mass is 9.90. The lowest BCUT2D eigenvalue weighted by molar-refractivity contribution is 0.370. The lowest BCUT2D eigenvalue weighted by Gasteiger charge is -2.16. The Kier molecular flexibility index (Phi) is 16.1. The first-order valence-electron chi connectivity index (χ1n) is 9.35. The second-order valence-electron chi connectivity index (χ2n) is 6.41. The van der Waals surface area contributed by atoms with Gasteiger partial charge < -0.3 is 0 Å². The molecule has 0 N–H and O–H groups in total. The zero-order valence-corrected chi connectivity index (χ0v) is 14.2. The van der Waals surface area contributed by atoms with Gasteiger partial charge in [0.1, 0.15) is 0 Å². The average molecular weight is 269 g/mol. The summed E-state index contributed by atoms with van der Waals surface area (Å²) in [4.78, 5) is 0. The van der Waals surface area contributed by atoms with Crippen molar-refractivity contribution in [3.05, 3.63) is 0 Å². The summed E-state index contributed by atoms with van der Waals surface area (Å²) in [7, 11) is 0. The normalized spacial score (nSPS) is 11.4. The molecule has 0 atom stereocenters. The molecule has 0 heteroatoms. The van der Waals surface area contributed by atoms with Crippen molar-refractivity contribution >= 4 is 0 Å². The largest absolute Gasteiger partial charge is 0.0654 e. The van der Waals surface area contributed by atoms with Gasteiger partial charge in [-0.15, -0.1) is 0 Å². The van der Waals surface area contributed by atoms with Crippen molar-refractivity contribution in [3.8, 4) is 0 Å². The Morgan fingerprint density at radius 3 is 1.21 bits per heavy atom. The van der Waals surface area contributed by atoms with Crippen molar-refractivity contribution in [2.75, 3.05) is 0 Å². The second kappa shape index (κ2) is 16.1. The van der Waals surface area contributed by atoms with E-state index in [0.29, 0.717) is 0 Å². The first-order chi connectivity index (χ1) is 9.35. The first kappa shape index (κ1) is 19.0. The predicted octanol–water partition coefficient (Wildman–Crippen LogP) is 7.51. The van der Waals surface area contributed by atoms with Crippen LogP contribution in [0.2, 0.25) is 0 Å². The summed E-state index contributed by atoms with van der Waals surface area (Å²) in [5, 5.41) is 0. The van der Waals surface area contributed by atoms with Gasteiger partial charge in [-0.1, -0.05) is 117 Å². The number of hydrogen-bond donors (Lipinski definition) is 0. The highest BCUT2D eigenvalue weighted by molar-refractivity contribution is 4.61. The molecule has 0 aromatic carbocycles. The summed E-state index contributed by atoms with van der Waals surface area (Å²) < 4.78 is 0. The molecule has 0 bridgehead atoms. The zero-order valence-electron chi connectivity index (χ0n) is 14.2. The zero-order chi connectivity index (χ0) is 14.2. The van der Waals surface area contributed by atoms with E-state index >= 15 is 0 Å². The summed E-state index contributed by atoms with van der Waals surface area (Å²) in [5.41, 5.74) is 0. The fourth-order valence-electron chi connectivity index (χ4n) is 3.01. The standard InChI is InChI=1S/C19H40/c1-4-7-10-11-12-15-18-19(16-13-8-5-2)17-14-9-6-3/h19H,4-18H2,1-3H3. The minimum atomic E-state index is 1.05. The van der Waals surface area contributed by atoms with Crippen LogP contribution in [-0.4, -0.2) is 0 Å². The van der Waals surface area contributed by atoms with Crippen molar-refractivity contribution in [2.24, 2.45) is 5.92 Å². The molecule has 0 aromatic rings. The van der Waals surface area contributed by atoms with Gasteiger partial charge in [-0.2, -0.15) is 0 Å². The van der Waals surface area contributed by atoms with Crippen molar-refractivity contribution in [2.45, 2.75) is 117 Å². The minimum Gasteiger partial charge on any atom is -0.0654 e. The molecule has 0 heterocycles. The highest BCUT2D eigenvalue weighted by atomic mass is 14.1. The van der Waals surface area contributed by atoms with Crippen LogP contribution in [0.15, 0.2) is 0 Å². The molecule has 116 valence electrons. The van der Waals surface area contributed by atoms with Crippen LogP contribution < -0.4 is 0 Å². The van der Waals surface area contributed by atoms with Gasteiger partial charge in [0.2, 0.25) is 0 Å². The van der Waals surface area contributed by atoms with E-state index in [4.69, 9.17) is 0 Å². The van der Waals surface area contributed by atoms with Gasteiger partial charge in [0, 0.05) is 0 Å². The molecule has 0 spiro atoms. The number of hydrogen-bond acceptors (Lipinski definition) is 0. The molecule has 0 nitrogen and oxygen atoms in total. The van der Waals surface area contributed by atoms with Crippen molar-refractivity contribution in [1.29, 1.82) is 0 Å². The molecule has 0 aliphatic carbocycles. The third kappa shape index (κ3) is 14.2. The van der Waals surface area contributed by atoms with Crippen LogP contribution in [0.4, 0.5) is 0 Å². The monoisotopic (exact) mass is 268 g/mol. The molecule has 0 radical (unpaired) electrons. The van der Waals surface area contributed by atoms with Gasteiger partial charge in [0.05, 0.1) is 0 Å². The molecular formula is C19H40. The van der Waals surface area contributed by atoms with Crippen LogP contribution >= 0.6 is 0 Å². The number of rotatable bonds is 15. The van der Waals surface area contributed by atoms with Gasteiger partial charge in [0.25, 0.3) is 0 Å². The maximum Gasteiger partial charge on any atom is -0.0414 e. The van der Waals surface area contributed by atoms with Crippen LogP contribution in [0, 0.1) is 5.92 Å². The minimum absolute atomic E-state index is 1.05. The molecule has 0 fully saturated rings. The molecule has 0 aliphatic rings. The third-order valence-electron chi connectivity index (χ3n) is 4.40. The number of unbranched alkanes of at least 4 members (excludes halogenated alkanes) is 9. The van der Waals surface area contributed by atoms with E-state index in [-0.39, 0.29) is 0 Å². The van der Waals surface area contributed by atoms with Crippen molar-refractivity contribution in [3.63, 3.8) is 0 Å². The molecule has 0 amide bonds. The SMILES string of the molecule is CCCCCCCCC(CCCCC)CCCCC. The van der Waals surface area contributed by atoms with Gasteiger partial charge in [0.15, 0.2) is 0 Å². The van der Waals surface area contributed by atoms with E-state index in [1.165, 1.54) is 96.3 Å². The second-order valence-corrected chi connectivity index (χ2v) is 6.41. The van der Waals surface area contributed by atoms with E-state index in [2.05, 4.69) is 20.8 Å². The summed E-state index contributed by atoms with van der Waals surface area (Å²) in [6, 6.07) is 0. The average Bonchev–Trinajstić information content (AvgIpc) is 2.42. The van der Waals surface area contributed by atoms with Crippen LogP contribution in [0.1, 0.15) is 117 Å². The molecule has 0 rings (SSSR count). The Morgan fingerprint density at radius 2 is 0.737 bits per heavy atom. The Labute approximate surface area is 123 Å². The Bertz CT molecular complexity index is 140. The fourth-order valence-corrected chi connectivity index (χ4v) is 3.01. The van der Waals surface area contributed by atoms with E-state index in [9.17, 15) is 0 Å². The Balaban J connectivity index is 3.58. The Hall–Kier alpha value is 0. The molecule has 0 saturated heterocycles. The molecule has 0 aliphatic heterocycles. The topological polar surface area (TPSA) is 0 Å². The molecule has 0 unspecified atom stereocenters. The van der Waals surface area contributed by atoms with Crippen LogP contribution in [-0.2, 0) is 0 Å². The molecule has 0 aromatic heterocycles. The summed E-state index contributed by atoms with van der Waals surface area (Å²) in [6.07, 6.45) is 21.8. The fraction of sp³-hybridized carbons (Fsp3) is 1.00. The van der Waals surface area contributed by atoms with E-state index in [1.807, 2.05) is 0 Å². The first-order valence-corrected chi connectivity index (χ1v) is 9.35. The van der Waals surface area contributed by atoms with E-state index in [1.54, 1.807) is 0 Å². The van der Waals surface area contributed by atoms with Crippen LogP contribution in [0.3, 0.4) is 0 Å². The molecule has 0 saturated carbocycles. The summed E-state index contributed by atoms with van der Waals surface area (Å²) in [6.45, 7) is 6.94. The molecule has 19 heavy (non-hydrogen) atoms. The van der Waals surface area contributed by atoms with Gasteiger partial charge in [-0.25, -0.2) is 0 Å². The van der Waals surface area contributed by atoms with Gasteiger partial charge in [-0.3, -0.25) is 0 Å². The van der Waals surface area contributed by atoms with E-state index in [0.717, 1.165) is 5.92 Å². The Morgan fingerprint density at radius 1 is 0.421 bits per heavy atom. The van der Waals surface area contributed by atoms with Gasteiger partial charge in [-0.05, 0) is 5.92 Å². The summed E-state index contributed by atoms with van der Waals surface area (Å²) >= 11 is 0. The molecular weight excluding hydrogens is 228 g/mol. The van der Waals surface area contributed by atoms with Crippen molar-refractivity contribution < 1.29 is 0 Å². The maximum atomic E-state index is 2.32. The van der Waals surface area contributed by atoms with E-state index < -0.39 is 0 Å². The quantitative estimate of drug-likeness (QED) is 0.269. The van der Waals surface area contributed by atoms with Crippen molar-refractivity contribution in [1.82, 2.24) is 0 Å². The predicted molar refractivity (Wildman–Crippen MR) is 89.8 cm³/mol.